The van der Waals surface area contributed by atoms with Crippen molar-refractivity contribution in [2.75, 3.05) is 17.2 Å². The number of carbonyl (C=O) groups is 2. The van der Waals surface area contributed by atoms with E-state index in [1.165, 1.54) is 6.20 Å². The van der Waals surface area contributed by atoms with Crippen molar-refractivity contribution in [2.45, 2.75) is 64.8 Å². The van der Waals surface area contributed by atoms with Crippen molar-refractivity contribution in [3.05, 3.63) is 53.2 Å². The third kappa shape index (κ3) is 7.07. The van der Waals surface area contributed by atoms with Gasteiger partial charge in [-0.1, -0.05) is 23.7 Å². The number of halogens is 1. The molecule has 1 atom stereocenters. The molecule has 2 aromatic rings. The number of rotatable bonds is 5. The topological polar surface area (TPSA) is 92.8 Å². The van der Waals surface area contributed by atoms with Crippen LogP contribution in [0.2, 0.25) is 5.02 Å². The fourth-order valence-corrected chi connectivity index (χ4v) is 3.70. The van der Waals surface area contributed by atoms with Gasteiger partial charge in [0.2, 0.25) is 0 Å². The molecule has 0 aliphatic carbocycles. The van der Waals surface area contributed by atoms with Crippen LogP contribution in [-0.2, 0) is 15.9 Å². The van der Waals surface area contributed by atoms with Gasteiger partial charge in [0.05, 0.1) is 17.7 Å². The van der Waals surface area contributed by atoms with E-state index in [0.717, 1.165) is 18.4 Å². The fraction of sp³-hybridized carbons (Fsp3) is 0.458. The van der Waals surface area contributed by atoms with Gasteiger partial charge < -0.3 is 14.8 Å². The number of benzene rings is 1. The van der Waals surface area contributed by atoms with Gasteiger partial charge in [-0.05, 0) is 77.3 Å². The molecule has 3 amide bonds. The van der Waals surface area contributed by atoms with Gasteiger partial charge >= 0.3 is 12.1 Å². The van der Waals surface area contributed by atoms with Crippen LogP contribution in [0, 0.1) is 0 Å². The molecule has 0 unspecified atom stereocenters. The first-order valence-corrected chi connectivity index (χ1v) is 11.3. The lowest BCUT2D eigenvalue weighted by molar-refractivity contribution is -0.0626. The van der Waals surface area contributed by atoms with Crippen molar-refractivity contribution in [3.8, 4) is 0 Å². The lowest BCUT2D eigenvalue weighted by Gasteiger charge is -2.35. The monoisotopic (exact) mass is 474 g/mol. The number of nitrogens with zero attached hydrogens (tertiary/aromatic N) is 2. The van der Waals surface area contributed by atoms with E-state index in [1.807, 2.05) is 58.9 Å². The lowest BCUT2D eigenvalue weighted by atomic mass is 10.0. The molecule has 3 rings (SSSR count). The van der Waals surface area contributed by atoms with Gasteiger partial charge in [0.15, 0.2) is 0 Å². The molecule has 8 nitrogen and oxygen atoms in total. The van der Waals surface area contributed by atoms with Crippen LogP contribution in [-0.4, -0.2) is 46.0 Å². The zero-order valence-corrected chi connectivity index (χ0v) is 20.4. The van der Waals surface area contributed by atoms with Gasteiger partial charge in [0, 0.05) is 11.9 Å². The molecule has 0 bridgehead atoms. The summed E-state index contributed by atoms with van der Waals surface area (Å²) in [6.07, 6.45) is 2.59. The van der Waals surface area contributed by atoms with Crippen LogP contribution < -0.4 is 10.6 Å². The van der Waals surface area contributed by atoms with Crippen LogP contribution in [0.1, 0.15) is 46.6 Å². The highest BCUT2D eigenvalue weighted by Crippen LogP contribution is 2.31. The Morgan fingerprint density at radius 3 is 2.48 bits per heavy atom. The third-order valence-electron chi connectivity index (χ3n) is 5.11. The molecule has 1 saturated heterocycles. The number of urea groups is 1. The number of aromatic nitrogens is 1. The largest absolute Gasteiger partial charge is 0.444 e. The first-order valence-electron chi connectivity index (χ1n) is 10.9. The summed E-state index contributed by atoms with van der Waals surface area (Å²) in [4.78, 5) is 30.6. The van der Waals surface area contributed by atoms with E-state index in [0.29, 0.717) is 23.1 Å². The number of carbonyl (C=O) groups excluding carboxylic acids is 2. The SMILES string of the molecule is CC(C)(C)OC(=O)N1[C@@H](CCc2ccc(NC(=O)Nc3ccc(Cl)cn3)cc2)COC1(C)C. The second-order valence-corrected chi connectivity index (χ2v) is 9.87. The molecule has 2 heterocycles. The van der Waals surface area contributed by atoms with E-state index in [4.69, 9.17) is 21.1 Å². The van der Waals surface area contributed by atoms with Crippen molar-refractivity contribution < 1.29 is 19.1 Å². The maximum Gasteiger partial charge on any atom is 0.412 e. The van der Waals surface area contributed by atoms with E-state index in [2.05, 4.69) is 15.6 Å². The summed E-state index contributed by atoms with van der Waals surface area (Å²) < 4.78 is 11.5. The molecular weight excluding hydrogens is 444 g/mol. The molecule has 1 fully saturated rings. The van der Waals surface area contributed by atoms with E-state index < -0.39 is 17.4 Å². The Hall–Kier alpha value is -2.84. The van der Waals surface area contributed by atoms with Crippen LogP contribution in [0.5, 0.6) is 0 Å². The summed E-state index contributed by atoms with van der Waals surface area (Å²) >= 11 is 5.80. The Kier molecular flexibility index (Phi) is 7.49. The quantitative estimate of drug-likeness (QED) is 0.581. The van der Waals surface area contributed by atoms with Crippen molar-refractivity contribution in [1.29, 1.82) is 0 Å². The fourth-order valence-electron chi connectivity index (χ4n) is 3.59. The Labute approximate surface area is 199 Å². The molecule has 33 heavy (non-hydrogen) atoms. The Balaban J connectivity index is 1.54. The highest BCUT2D eigenvalue weighted by molar-refractivity contribution is 6.30. The molecule has 0 spiro atoms. The van der Waals surface area contributed by atoms with Crippen LogP contribution in [0.3, 0.4) is 0 Å². The maximum atomic E-state index is 12.8. The number of nitrogens with one attached hydrogen (secondary N) is 2. The molecule has 178 valence electrons. The van der Waals surface area contributed by atoms with Crippen LogP contribution >= 0.6 is 11.6 Å². The molecule has 1 aromatic heterocycles. The highest BCUT2D eigenvalue weighted by Gasteiger charge is 2.45. The van der Waals surface area contributed by atoms with Gasteiger partial charge in [-0.2, -0.15) is 0 Å². The maximum absolute atomic E-state index is 12.8. The van der Waals surface area contributed by atoms with Gasteiger partial charge in [-0.15, -0.1) is 0 Å². The minimum atomic E-state index is -0.715. The average Bonchev–Trinajstić information content (AvgIpc) is 3.02. The number of ether oxygens (including phenoxy) is 2. The molecule has 1 aliphatic rings. The minimum Gasteiger partial charge on any atom is -0.444 e. The van der Waals surface area contributed by atoms with E-state index in [-0.39, 0.29) is 12.1 Å². The summed E-state index contributed by atoms with van der Waals surface area (Å²) in [5, 5.41) is 5.92. The second-order valence-electron chi connectivity index (χ2n) is 9.44. The van der Waals surface area contributed by atoms with Crippen LogP contribution in [0.15, 0.2) is 42.6 Å². The molecule has 0 radical (unpaired) electrons. The zero-order valence-electron chi connectivity index (χ0n) is 19.6. The van der Waals surface area contributed by atoms with Crippen molar-refractivity contribution >= 4 is 35.2 Å². The predicted octanol–water partition coefficient (Wildman–Crippen LogP) is 5.68. The minimum absolute atomic E-state index is 0.0784. The summed E-state index contributed by atoms with van der Waals surface area (Å²) in [5.41, 5.74) is 0.465. The first-order chi connectivity index (χ1) is 15.4. The highest BCUT2D eigenvalue weighted by atomic mass is 35.5. The van der Waals surface area contributed by atoms with Gasteiger partial charge in [-0.25, -0.2) is 14.6 Å². The van der Waals surface area contributed by atoms with E-state index in [1.54, 1.807) is 17.0 Å². The predicted molar refractivity (Wildman–Crippen MR) is 129 cm³/mol. The van der Waals surface area contributed by atoms with Crippen molar-refractivity contribution in [3.63, 3.8) is 0 Å². The van der Waals surface area contributed by atoms with Gasteiger partial charge in [0.25, 0.3) is 0 Å². The van der Waals surface area contributed by atoms with E-state index >= 15 is 0 Å². The molecule has 1 aliphatic heterocycles. The van der Waals surface area contributed by atoms with Crippen molar-refractivity contribution in [2.24, 2.45) is 0 Å². The molecule has 0 saturated carbocycles. The Morgan fingerprint density at radius 2 is 1.88 bits per heavy atom. The number of amides is 3. The normalized spacial score (nSPS) is 17.5. The standard InChI is InChI=1S/C24H31ClN4O4/c1-23(2,3)33-22(31)29-19(15-32-24(29,4)5)12-8-16-6-10-18(11-7-16)27-21(30)28-20-13-9-17(25)14-26-20/h6-7,9-11,13-14,19H,8,12,15H2,1-5H3,(H2,26,27,28,30)/t19-/m0/s1. The number of hydrogen-bond donors (Lipinski definition) is 2. The average molecular weight is 475 g/mol. The van der Waals surface area contributed by atoms with Gasteiger partial charge in [0.1, 0.15) is 17.1 Å². The summed E-state index contributed by atoms with van der Waals surface area (Å²) in [6.45, 7) is 9.78. The smallest absolute Gasteiger partial charge is 0.412 e. The second kappa shape index (κ2) is 9.97. The lowest BCUT2D eigenvalue weighted by Crippen LogP contribution is -2.49. The number of aryl methyl sites for hydroxylation is 1. The van der Waals surface area contributed by atoms with Crippen LogP contribution in [0.25, 0.3) is 0 Å². The third-order valence-corrected chi connectivity index (χ3v) is 5.34. The number of hydrogen-bond acceptors (Lipinski definition) is 5. The zero-order chi connectivity index (χ0) is 24.2. The van der Waals surface area contributed by atoms with E-state index in [9.17, 15) is 9.59 Å². The molecule has 9 heteroatoms. The van der Waals surface area contributed by atoms with Crippen LogP contribution in [0.4, 0.5) is 21.1 Å². The molecule has 1 aromatic carbocycles. The Bertz CT molecular complexity index is 971. The molecule has 2 N–H and O–H groups in total. The summed E-state index contributed by atoms with van der Waals surface area (Å²) in [7, 11) is 0. The number of anilines is 2. The summed E-state index contributed by atoms with van der Waals surface area (Å²) in [6, 6.07) is 10.4. The first kappa shape index (κ1) is 24.8. The number of pyridine rings is 1. The summed E-state index contributed by atoms with van der Waals surface area (Å²) in [5.74, 6) is 0.407. The molecular formula is C24H31ClN4O4. The Morgan fingerprint density at radius 1 is 1.18 bits per heavy atom. The van der Waals surface area contributed by atoms with Gasteiger partial charge in [-0.3, -0.25) is 10.2 Å². The van der Waals surface area contributed by atoms with Crippen molar-refractivity contribution in [1.82, 2.24) is 9.88 Å².